The Hall–Kier alpha value is -0.950. The highest BCUT2D eigenvalue weighted by molar-refractivity contribution is 7.46. The van der Waals surface area contributed by atoms with Crippen LogP contribution in [0.5, 0.6) is 0 Å². The van der Waals surface area contributed by atoms with E-state index in [0.717, 1.165) is 32.1 Å². The molecule has 0 aromatic rings. The van der Waals surface area contributed by atoms with Gasteiger partial charge in [-0.25, -0.2) is 4.57 Å². The average molecular weight is 831 g/mol. The minimum absolute atomic E-state index is 0.221. The Morgan fingerprint density at radius 3 is 0.895 bits per heavy atom. The van der Waals surface area contributed by atoms with E-state index in [1.807, 2.05) is 0 Å². The van der Waals surface area contributed by atoms with Crippen molar-refractivity contribution in [2.45, 2.75) is 283 Å². The number of unbranched alkanes of at least 4 members (excludes halogenated alkanes) is 37. The molecular formula is C48H95O8P. The van der Waals surface area contributed by atoms with Crippen molar-refractivity contribution in [2.24, 2.45) is 0 Å². The first-order chi connectivity index (χ1) is 27.8. The molecule has 340 valence electrons. The molecule has 2 N–H and O–H groups in total. The molecule has 1 atom stereocenters. The summed E-state index contributed by atoms with van der Waals surface area (Å²) in [5.74, 6) is -0.861. The van der Waals surface area contributed by atoms with E-state index in [1.165, 1.54) is 212 Å². The normalized spacial score (nSPS) is 12.3. The number of ether oxygens (including phenoxy) is 2. The summed E-state index contributed by atoms with van der Waals surface area (Å²) in [7, 11) is -4.75. The zero-order valence-electron chi connectivity index (χ0n) is 37.8. The predicted molar refractivity (Wildman–Crippen MR) is 239 cm³/mol. The van der Waals surface area contributed by atoms with Crippen molar-refractivity contribution in [1.82, 2.24) is 0 Å². The molecular weight excluding hydrogens is 735 g/mol. The maximum Gasteiger partial charge on any atom is 0.469 e. The first-order valence-corrected chi connectivity index (χ1v) is 26.4. The lowest BCUT2D eigenvalue weighted by Gasteiger charge is -2.18. The van der Waals surface area contributed by atoms with E-state index in [1.54, 1.807) is 0 Å². The van der Waals surface area contributed by atoms with Crippen molar-refractivity contribution in [1.29, 1.82) is 0 Å². The van der Waals surface area contributed by atoms with Gasteiger partial charge in [0.1, 0.15) is 6.61 Å². The van der Waals surface area contributed by atoms with Gasteiger partial charge in [-0.1, -0.05) is 251 Å². The van der Waals surface area contributed by atoms with Crippen molar-refractivity contribution < 1.29 is 37.9 Å². The standard InChI is InChI=1S/C48H95O8P/c1-3-5-7-9-11-13-15-17-19-21-23-25-27-29-31-33-35-37-39-41-43-48(50)56-46(45-55-57(51,52)53)44-54-47(49)42-40-38-36-34-32-30-28-26-24-22-20-18-16-14-12-10-8-6-4-2/h46H,3-45H2,1-2H3,(H2,51,52,53). The molecule has 0 bridgehead atoms. The van der Waals surface area contributed by atoms with Crippen molar-refractivity contribution in [3.05, 3.63) is 0 Å². The number of hydrogen-bond acceptors (Lipinski definition) is 6. The van der Waals surface area contributed by atoms with E-state index in [-0.39, 0.29) is 19.4 Å². The average Bonchev–Trinajstić information content (AvgIpc) is 3.18. The molecule has 0 aliphatic rings. The topological polar surface area (TPSA) is 119 Å². The highest BCUT2D eigenvalue weighted by Crippen LogP contribution is 2.36. The number of carbonyl (C=O) groups is 2. The zero-order valence-corrected chi connectivity index (χ0v) is 38.7. The molecule has 0 fully saturated rings. The van der Waals surface area contributed by atoms with Gasteiger partial charge in [0.05, 0.1) is 6.61 Å². The van der Waals surface area contributed by atoms with Crippen LogP contribution in [-0.4, -0.2) is 41.0 Å². The van der Waals surface area contributed by atoms with Crippen LogP contribution in [0.4, 0.5) is 0 Å². The minimum atomic E-state index is -4.75. The van der Waals surface area contributed by atoms with Gasteiger partial charge in [-0.15, -0.1) is 0 Å². The van der Waals surface area contributed by atoms with Crippen LogP contribution in [0.1, 0.15) is 277 Å². The second-order valence-electron chi connectivity index (χ2n) is 17.2. The Labute approximate surface area is 353 Å². The highest BCUT2D eigenvalue weighted by atomic mass is 31.2. The largest absolute Gasteiger partial charge is 0.469 e. The lowest BCUT2D eigenvalue weighted by atomic mass is 10.0. The first kappa shape index (κ1) is 56.0. The smallest absolute Gasteiger partial charge is 0.462 e. The Morgan fingerprint density at radius 2 is 0.632 bits per heavy atom. The third kappa shape index (κ3) is 47.6. The number of esters is 2. The minimum Gasteiger partial charge on any atom is -0.462 e. The number of hydrogen-bond donors (Lipinski definition) is 2. The lowest BCUT2D eigenvalue weighted by Crippen LogP contribution is -2.29. The van der Waals surface area contributed by atoms with Crippen LogP contribution in [-0.2, 0) is 28.2 Å². The molecule has 0 heterocycles. The highest BCUT2D eigenvalue weighted by Gasteiger charge is 2.23. The summed E-state index contributed by atoms with van der Waals surface area (Å²) >= 11 is 0. The molecule has 0 aromatic heterocycles. The number of rotatable bonds is 47. The number of carbonyl (C=O) groups excluding carboxylic acids is 2. The summed E-state index contributed by atoms with van der Waals surface area (Å²) in [6.07, 6.45) is 49.8. The van der Waals surface area contributed by atoms with E-state index in [0.29, 0.717) is 6.42 Å². The van der Waals surface area contributed by atoms with Crippen molar-refractivity contribution in [3.8, 4) is 0 Å². The monoisotopic (exact) mass is 831 g/mol. The molecule has 0 aliphatic heterocycles. The third-order valence-corrected chi connectivity index (χ3v) is 11.9. The summed E-state index contributed by atoms with van der Waals surface area (Å²) in [5, 5.41) is 0. The van der Waals surface area contributed by atoms with Crippen molar-refractivity contribution in [2.75, 3.05) is 13.2 Å². The summed E-state index contributed by atoms with van der Waals surface area (Å²) < 4.78 is 26.5. The maximum atomic E-state index is 12.5. The molecule has 1 unspecified atom stereocenters. The quantitative estimate of drug-likeness (QED) is 0.0353. The summed E-state index contributed by atoms with van der Waals surface area (Å²) in [6, 6.07) is 0. The van der Waals surface area contributed by atoms with Crippen molar-refractivity contribution >= 4 is 19.8 Å². The van der Waals surface area contributed by atoms with Crippen LogP contribution < -0.4 is 0 Å². The second kappa shape index (κ2) is 44.6. The first-order valence-electron chi connectivity index (χ1n) is 24.8. The van der Waals surface area contributed by atoms with Crippen LogP contribution >= 0.6 is 7.82 Å². The fourth-order valence-corrected chi connectivity index (χ4v) is 8.03. The molecule has 8 nitrogen and oxygen atoms in total. The molecule has 0 spiro atoms. The molecule has 9 heteroatoms. The summed E-state index contributed by atoms with van der Waals surface area (Å²) in [5.41, 5.74) is 0. The molecule has 0 radical (unpaired) electrons. The van der Waals surface area contributed by atoms with Crippen LogP contribution in [0.3, 0.4) is 0 Å². The fraction of sp³-hybridized carbons (Fsp3) is 0.958. The predicted octanol–water partition coefficient (Wildman–Crippen LogP) is 15.6. The van der Waals surface area contributed by atoms with Crippen LogP contribution in [0.2, 0.25) is 0 Å². The van der Waals surface area contributed by atoms with E-state index in [4.69, 9.17) is 19.3 Å². The number of phosphoric ester groups is 1. The Balaban J connectivity index is 3.77. The van der Waals surface area contributed by atoms with E-state index in [9.17, 15) is 14.2 Å². The molecule has 0 aliphatic carbocycles. The number of phosphoric acid groups is 1. The van der Waals surface area contributed by atoms with Gasteiger partial charge in [-0.2, -0.15) is 0 Å². The molecule has 57 heavy (non-hydrogen) atoms. The van der Waals surface area contributed by atoms with E-state index in [2.05, 4.69) is 18.4 Å². The zero-order chi connectivity index (χ0) is 41.8. The SMILES string of the molecule is CCCCCCCCCCCCCCCCCCCCCCC(=O)OC(COC(=O)CCCCCCCCCCCCCCCCCCCCC)COP(=O)(O)O. The van der Waals surface area contributed by atoms with Crippen molar-refractivity contribution in [3.63, 3.8) is 0 Å². The summed E-state index contributed by atoms with van der Waals surface area (Å²) in [4.78, 5) is 43.0. The second-order valence-corrected chi connectivity index (χ2v) is 18.4. The molecule has 0 rings (SSSR count). The van der Waals surface area contributed by atoms with E-state index >= 15 is 0 Å². The van der Waals surface area contributed by atoms with Gasteiger partial charge in [0.25, 0.3) is 0 Å². The fourth-order valence-electron chi connectivity index (χ4n) is 7.67. The Kier molecular flexibility index (Phi) is 43.9. The van der Waals surface area contributed by atoms with Gasteiger partial charge in [0, 0.05) is 12.8 Å². The van der Waals surface area contributed by atoms with Gasteiger partial charge < -0.3 is 19.3 Å². The molecule has 0 saturated carbocycles. The Morgan fingerprint density at radius 1 is 0.386 bits per heavy atom. The van der Waals surface area contributed by atoms with Crippen LogP contribution in [0.25, 0.3) is 0 Å². The van der Waals surface area contributed by atoms with Gasteiger partial charge >= 0.3 is 19.8 Å². The van der Waals surface area contributed by atoms with Gasteiger partial charge in [-0.3, -0.25) is 14.1 Å². The molecule has 0 saturated heterocycles. The Bertz CT molecular complexity index is 894. The lowest BCUT2D eigenvalue weighted by molar-refractivity contribution is -0.161. The van der Waals surface area contributed by atoms with Crippen LogP contribution in [0, 0.1) is 0 Å². The molecule has 0 aromatic carbocycles. The maximum absolute atomic E-state index is 12.5. The van der Waals surface area contributed by atoms with Gasteiger partial charge in [0.2, 0.25) is 0 Å². The third-order valence-electron chi connectivity index (χ3n) is 11.4. The molecule has 0 amide bonds. The van der Waals surface area contributed by atoms with Gasteiger partial charge in [-0.05, 0) is 12.8 Å². The summed E-state index contributed by atoms with van der Waals surface area (Å²) in [6.45, 7) is 3.75. The van der Waals surface area contributed by atoms with E-state index < -0.39 is 32.5 Å². The van der Waals surface area contributed by atoms with Gasteiger partial charge in [0.15, 0.2) is 6.10 Å². The van der Waals surface area contributed by atoms with Crippen LogP contribution in [0.15, 0.2) is 0 Å².